The first-order valence-corrected chi connectivity index (χ1v) is 7.53. The number of carbonyl (C=O) groups is 1. The lowest BCUT2D eigenvalue weighted by Gasteiger charge is -2.12. The molecule has 24 heavy (non-hydrogen) atoms. The number of hydrogen-bond acceptors (Lipinski definition) is 5. The van der Waals surface area contributed by atoms with Gasteiger partial charge >= 0.3 is 5.97 Å². The Hall–Kier alpha value is -3.08. The van der Waals surface area contributed by atoms with E-state index in [0.717, 1.165) is 5.56 Å². The number of ether oxygens (including phenoxy) is 2. The zero-order chi connectivity index (χ0) is 16.9. The number of oxazole rings is 1. The molecular formula is C19H17NO4. The van der Waals surface area contributed by atoms with Crippen molar-refractivity contribution in [2.75, 3.05) is 7.11 Å². The molecule has 3 aromatic rings. The zero-order valence-electron chi connectivity index (χ0n) is 13.4. The summed E-state index contributed by atoms with van der Waals surface area (Å²) in [4.78, 5) is 15.9. The van der Waals surface area contributed by atoms with E-state index in [0.29, 0.717) is 22.9 Å². The van der Waals surface area contributed by atoms with Gasteiger partial charge in [0, 0.05) is 5.56 Å². The van der Waals surface area contributed by atoms with Crippen LogP contribution in [0.15, 0.2) is 65.3 Å². The molecule has 3 rings (SSSR count). The van der Waals surface area contributed by atoms with E-state index in [1.807, 2.05) is 37.3 Å². The highest BCUT2D eigenvalue weighted by atomic mass is 16.5. The van der Waals surface area contributed by atoms with Crippen LogP contribution in [0.1, 0.15) is 29.1 Å². The molecule has 0 N–H and O–H groups in total. The number of benzene rings is 2. The van der Waals surface area contributed by atoms with Gasteiger partial charge in [-0.15, -0.1) is 0 Å². The van der Waals surface area contributed by atoms with Crippen LogP contribution in [0.3, 0.4) is 0 Å². The minimum absolute atomic E-state index is 0.282. The van der Waals surface area contributed by atoms with Crippen LogP contribution in [0, 0.1) is 0 Å². The molecule has 0 aliphatic carbocycles. The molecule has 1 heterocycles. The van der Waals surface area contributed by atoms with Crippen LogP contribution >= 0.6 is 0 Å². The summed E-state index contributed by atoms with van der Waals surface area (Å²) in [6.45, 7) is 1.89. The molecule has 0 amide bonds. The molecule has 5 heteroatoms. The molecule has 5 nitrogen and oxygen atoms in total. The van der Waals surface area contributed by atoms with Crippen molar-refractivity contribution >= 4 is 5.97 Å². The van der Waals surface area contributed by atoms with Gasteiger partial charge in [0.05, 0.1) is 12.7 Å². The monoisotopic (exact) mass is 323 g/mol. The topological polar surface area (TPSA) is 61.6 Å². The fourth-order valence-electron chi connectivity index (χ4n) is 2.24. The lowest BCUT2D eigenvalue weighted by molar-refractivity contribution is 0.0600. The van der Waals surface area contributed by atoms with Crippen molar-refractivity contribution in [3.05, 3.63) is 72.1 Å². The van der Waals surface area contributed by atoms with Crippen molar-refractivity contribution < 1.29 is 18.7 Å². The summed E-state index contributed by atoms with van der Waals surface area (Å²) in [6, 6.07) is 16.4. The van der Waals surface area contributed by atoms with E-state index in [9.17, 15) is 4.79 Å². The molecule has 122 valence electrons. The molecule has 0 saturated carbocycles. The maximum atomic E-state index is 11.4. The van der Waals surface area contributed by atoms with Gasteiger partial charge in [0.1, 0.15) is 23.8 Å². The molecule has 0 spiro atoms. The van der Waals surface area contributed by atoms with Gasteiger partial charge in [-0.3, -0.25) is 0 Å². The van der Waals surface area contributed by atoms with E-state index in [4.69, 9.17) is 9.15 Å². The largest absolute Gasteiger partial charge is 0.484 e. The number of rotatable bonds is 5. The molecule has 1 unspecified atom stereocenters. The van der Waals surface area contributed by atoms with Crippen LogP contribution in [-0.2, 0) is 4.74 Å². The minimum Gasteiger partial charge on any atom is -0.484 e. The second-order valence-corrected chi connectivity index (χ2v) is 5.22. The Morgan fingerprint density at radius 1 is 1.08 bits per heavy atom. The van der Waals surface area contributed by atoms with Gasteiger partial charge in [-0.25, -0.2) is 9.78 Å². The van der Waals surface area contributed by atoms with Gasteiger partial charge in [-0.1, -0.05) is 18.2 Å². The third-order valence-corrected chi connectivity index (χ3v) is 3.55. The third-order valence-electron chi connectivity index (χ3n) is 3.55. The highest BCUT2D eigenvalue weighted by molar-refractivity contribution is 5.89. The van der Waals surface area contributed by atoms with Crippen LogP contribution in [0.4, 0.5) is 0 Å². The van der Waals surface area contributed by atoms with E-state index < -0.39 is 0 Å². The average molecular weight is 323 g/mol. The fraction of sp³-hybridized carbons (Fsp3) is 0.158. The van der Waals surface area contributed by atoms with Crippen LogP contribution < -0.4 is 4.74 Å². The standard InChI is InChI=1S/C19H17NO4/c1-13(24-16-10-8-15(9-11-16)19(21)22-2)17-12-23-18(20-17)14-6-4-3-5-7-14/h3-13H,1-2H3. The van der Waals surface area contributed by atoms with Gasteiger partial charge in [-0.05, 0) is 43.3 Å². The normalized spacial score (nSPS) is 11.8. The summed E-state index contributed by atoms with van der Waals surface area (Å²) in [5.74, 6) is 0.820. The Labute approximate surface area is 139 Å². The summed E-state index contributed by atoms with van der Waals surface area (Å²) in [7, 11) is 1.35. The number of methoxy groups -OCH3 is 1. The summed E-state index contributed by atoms with van der Waals surface area (Å²) in [5.41, 5.74) is 2.09. The summed E-state index contributed by atoms with van der Waals surface area (Å²) < 4.78 is 16.0. The van der Waals surface area contributed by atoms with Gasteiger partial charge in [-0.2, -0.15) is 0 Å². The van der Waals surface area contributed by atoms with Gasteiger partial charge in [0.15, 0.2) is 0 Å². The molecule has 0 aliphatic rings. The van der Waals surface area contributed by atoms with E-state index in [1.165, 1.54) is 7.11 Å². The van der Waals surface area contributed by atoms with Gasteiger partial charge in [0.25, 0.3) is 0 Å². The quantitative estimate of drug-likeness (QED) is 0.656. The van der Waals surface area contributed by atoms with Crippen molar-refractivity contribution in [2.45, 2.75) is 13.0 Å². The molecule has 2 aromatic carbocycles. The third kappa shape index (κ3) is 3.46. The molecule has 0 bridgehead atoms. The second kappa shape index (κ2) is 7.00. The second-order valence-electron chi connectivity index (χ2n) is 5.22. The Morgan fingerprint density at radius 3 is 2.46 bits per heavy atom. The molecule has 0 fully saturated rings. The number of esters is 1. The molecule has 1 aromatic heterocycles. The fourth-order valence-corrected chi connectivity index (χ4v) is 2.24. The SMILES string of the molecule is COC(=O)c1ccc(OC(C)c2coc(-c3ccccc3)n2)cc1. The van der Waals surface area contributed by atoms with E-state index in [2.05, 4.69) is 9.72 Å². The summed E-state index contributed by atoms with van der Waals surface area (Å²) >= 11 is 0. The molecular weight excluding hydrogens is 306 g/mol. The van der Waals surface area contributed by atoms with Crippen molar-refractivity contribution in [1.29, 1.82) is 0 Å². The molecule has 0 aliphatic heterocycles. The lowest BCUT2D eigenvalue weighted by atomic mass is 10.2. The molecule has 0 radical (unpaired) electrons. The van der Waals surface area contributed by atoms with Gasteiger partial charge < -0.3 is 13.9 Å². The van der Waals surface area contributed by atoms with Crippen molar-refractivity contribution in [1.82, 2.24) is 4.98 Å². The van der Waals surface area contributed by atoms with E-state index >= 15 is 0 Å². The van der Waals surface area contributed by atoms with Crippen LogP contribution in [0.25, 0.3) is 11.5 Å². The summed E-state index contributed by atoms with van der Waals surface area (Å²) in [5, 5.41) is 0. The Morgan fingerprint density at radius 2 is 1.79 bits per heavy atom. The van der Waals surface area contributed by atoms with Crippen molar-refractivity contribution in [3.8, 4) is 17.2 Å². The number of nitrogens with zero attached hydrogens (tertiary/aromatic N) is 1. The average Bonchev–Trinajstić information content (AvgIpc) is 3.13. The maximum Gasteiger partial charge on any atom is 0.337 e. The maximum absolute atomic E-state index is 11.4. The molecule has 1 atom stereocenters. The Kier molecular flexibility index (Phi) is 4.61. The van der Waals surface area contributed by atoms with Crippen LogP contribution in [0.2, 0.25) is 0 Å². The van der Waals surface area contributed by atoms with Crippen molar-refractivity contribution in [3.63, 3.8) is 0 Å². The minimum atomic E-state index is -0.376. The highest BCUT2D eigenvalue weighted by Gasteiger charge is 2.14. The van der Waals surface area contributed by atoms with Gasteiger partial charge in [0.2, 0.25) is 5.89 Å². The van der Waals surface area contributed by atoms with Crippen molar-refractivity contribution in [2.24, 2.45) is 0 Å². The van der Waals surface area contributed by atoms with E-state index in [-0.39, 0.29) is 12.1 Å². The first-order chi connectivity index (χ1) is 11.7. The summed E-state index contributed by atoms with van der Waals surface area (Å²) in [6.07, 6.45) is 1.31. The number of hydrogen-bond donors (Lipinski definition) is 0. The smallest absolute Gasteiger partial charge is 0.337 e. The number of carbonyl (C=O) groups excluding carboxylic acids is 1. The predicted octanol–water partition coefficient (Wildman–Crippen LogP) is 4.27. The van der Waals surface area contributed by atoms with Crippen LogP contribution in [-0.4, -0.2) is 18.1 Å². The highest BCUT2D eigenvalue weighted by Crippen LogP contribution is 2.25. The zero-order valence-corrected chi connectivity index (χ0v) is 13.4. The lowest BCUT2D eigenvalue weighted by Crippen LogP contribution is -2.04. The van der Waals surface area contributed by atoms with Crippen LogP contribution in [0.5, 0.6) is 5.75 Å². The Balaban J connectivity index is 1.70. The Bertz CT molecular complexity index is 809. The first-order valence-electron chi connectivity index (χ1n) is 7.53. The first kappa shape index (κ1) is 15.8. The molecule has 0 saturated heterocycles. The van der Waals surface area contributed by atoms with E-state index in [1.54, 1.807) is 30.5 Å². The number of aromatic nitrogens is 1. The predicted molar refractivity (Wildman–Crippen MR) is 88.8 cm³/mol.